The number of benzene rings is 1. The van der Waals surface area contributed by atoms with Gasteiger partial charge in [-0.3, -0.25) is 9.69 Å². The fraction of sp³-hybridized carbons (Fsp3) is 0.375. The van der Waals surface area contributed by atoms with Crippen LogP contribution in [0.2, 0.25) is 0 Å². The van der Waals surface area contributed by atoms with Gasteiger partial charge in [0.1, 0.15) is 36.3 Å². The average Bonchev–Trinajstić information content (AvgIpc) is 3.33. The Morgan fingerprint density at radius 2 is 2.00 bits per heavy atom. The third-order valence-corrected chi connectivity index (χ3v) is 5.70. The zero-order valence-electron chi connectivity index (χ0n) is 20.0. The van der Waals surface area contributed by atoms with Gasteiger partial charge in [0.2, 0.25) is 5.88 Å². The molecule has 0 aliphatic rings. The summed E-state index contributed by atoms with van der Waals surface area (Å²) in [6, 6.07) is 4.70. The summed E-state index contributed by atoms with van der Waals surface area (Å²) in [6.45, 7) is 7.40. The number of esters is 1. The van der Waals surface area contributed by atoms with E-state index >= 15 is 4.39 Å². The molecular formula is C24H28FN5O4. The van der Waals surface area contributed by atoms with Crippen LogP contribution < -0.4 is 9.47 Å². The maximum atomic E-state index is 15.0. The van der Waals surface area contributed by atoms with Gasteiger partial charge < -0.3 is 19.2 Å². The van der Waals surface area contributed by atoms with Crippen LogP contribution in [0.5, 0.6) is 17.4 Å². The Balaban J connectivity index is 1.54. The normalized spacial score (nSPS) is 13.4. The lowest BCUT2D eigenvalue weighted by Gasteiger charge is -2.21. The van der Waals surface area contributed by atoms with E-state index in [1.807, 2.05) is 27.9 Å². The summed E-state index contributed by atoms with van der Waals surface area (Å²) in [5, 5.41) is 4.66. The molecule has 2 atom stereocenters. The molecule has 0 fully saturated rings. The summed E-state index contributed by atoms with van der Waals surface area (Å²) in [5.41, 5.74) is 2.82. The summed E-state index contributed by atoms with van der Waals surface area (Å²) in [7, 11) is 3.63. The van der Waals surface area contributed by atoms with E-state index < -0.39 is 11.9 Å². The largest absolute Gasteiger partial charge is 0.488 e. The SMILES string of the molecule is Cc1cc2c(F)c(Oc3ncnn4cc(OC[C@@H](C)OC(=O)C(C)N(C)C)c(C)c34)ccc2[nH]1. The van der Waals surface area contributed by atoms with Crippen molar-refractivity contribution in [1.29, 1.82) is 0 Å². The number of H-pyrrole nitrogens is 1. The van der Waals surface area contributed by atoms with Crippen LogP contribution in [0.3, 0.4) is 0 Å². The summed E-state index contributed by atoms with van der Waals surface area (Å²) in [6.07, 6.45) is 2.56. The van der Waals surface area contributed by atoms with E-state index in [2.05, 4.69) is 15.1 Å². The summed E-state index contributed by atoms with van der Waals surface area (Å²) in [4.78, 5) is 21.2. The van der Waals surface area contributed by atoms with Crippen molar-refractivity contribution in [1.82, 2.24) is 24.5 Å². The maximum absolute atomic E-state index is 15.0. The molecule has 1 aromatic carbocycles. The number of nitrogens with zero attached hydrogens (tertiary/aromatic N) is 4. The lowest BCUT2D eigenvalue weighted by atomic mass is 10.2. The van der Waals surface area contributed by atoms with E-state index in [4.69, 9.17) is 14.2 Å². The molecule has 3 heterocycles. The molecule has 10 heteroatoms. The van der Waals surface area contributed by atoms with E-state index in [1.54, 1.807) is 47.7 Å². The van der Waals surface area contributed by atoms with E-state index in [0.717, 1.165) is 11.3 Å². The van der Waals surface area contributed by atoms with Crippen LogP contribution in [-0.2, 0) is 9.53 Å². The molecule has 3 aromatic heterocycles. The second-order valence-electron chi connectivity index (χ2n) is 8.57. The van der Waals surface area contributed by atoms with Crippen LogP contribution >= 0.6 is 0 Å². The predicted molar refractivity (Wildman–Crippen MR) is 125 cm³/mol. The molecule has 4 rings (SSSR count). The highest BCUT2D eigenvalue weighted by molar-refractivity contribution is 5.83. The van der Waals surface area contributed by atoms with Gasteiger partial charge in [-0.15, -0.1) is 0 Å². The van der Waals surface area contributed by atoms with E-state index in [0.29, 0.717) is 22.2 Å². The van der Waals surface area contributed by atoms with Crippen molar-refractivity contribution in [3.63, 3.8) is 0 Å². The second kappa shape index (κ2) is 9.30. The third kappa shape index (κ3) is 4.54. The number of fused-ring (bicyclic) bond motifs is 2. The highest BCUT2D eigenvalue weighted by Gasteiger charge is 2.21. The number of halogens is 1. The minimum Gasteiger partial charge on any atom is -0.488 e. The first kappa shape index (κ1) is 23.5. The molecule has 0 radical (unpaired) electrons. The Kier molecular flexibility index (Phi) is 6.43. The first-order valence-corrected chi connectivity index (χ1v) is 10.9. The van der Waals surface area contributed by atoms with Crippen LogP contribution in [0, 0.1) is 19.7 Å². The fourth-order valence-corrected chi connectivity index (χ4v) is 3.55. The van der Waals surface area contributed by atoms with Gasteiger partial charge >= 0.3 is 5.97 Å². The van der Waals surface area contributed by atoms with Crippen molar-refractivity contribution in [2.45, 2.75) is 39.8 Å². The third-order valence-electron chi connectivity index (χ3n) is 5.70. The van der Waals surface area contributed by atoms with Gasteiger partial charge in [0.05, 0.1) is 6.20 Å². The second-order valence-corrected chi connectivity index (χ2v) is 8.57. The number of aromatic amines is 1. The van der Waals surface area contributed by atoms with E-state index in [9.17, 15) is 4.79 Å². The number of aromatic nitrogens is 4. The molecule has 180 valence electrons. The lowest BCUT2D eigenvalue weighted by Crippen LogP contribution is -2.37. The fourth-order valence-electron chi connectivity index (χ4n) is 3.55. The monoisotopic (exact) mass is 469 g/mol. The Hall–Kier alpha value is -3.66. The molecule has 0 amide bonds. The summed E-state index contributed by atoms with van der Waals surface area (Å²) >= 11 is 0. The van der Waals surface area contributed by atoms with Gasteiger partial charge in [-0.2, -0.15) is 10.1 Å². The number of carbonyl (C=O) groups is 1. The molecule has 0 spiro atoms. The highest BCUT2D eigenvalue weighted by atomic mass is 19.1. The number of likely N-dealkylation sites (N-methyl/N-ethyl adjacent to an activating group) is 1. The van der Waals surface area contributed by atoms with Crippen LogP contribution in [0.4, 0.5) is 4.39 Å². The lowest BCUT2D eigenvalue weighted by molar-refractivity contribution is -0.154. The topological polar surface area (TPSA) is 94.0 Å². The minimum absolute atomic E-state index is 0.0608. The molecule has 0 aliphatic heterocycles. The molecule has 9 nitrogen and oxygen atoms in total. The average molecular weight is 470 g/mol. The van der Waals surface area contributed by atoms with Crippen LogP contribution in [0.15, 0.2) is 30.7 Å². The first-order chi connectivity index (χ1) is 16.2. The smallest absolute Gasteiger partial charge is 0.323 e. The predicted octanol–water partition coefficient (Wildman–Crippen LogP) is 4.02. The van der Waals surface area contributed by atoms with Gasteiger partial charge in [0.15, 0.2) is 11.6 Å². The standard InChI is InChI=1S/C24H28FN5O4/c1-13-9-17-18(28-13)7-8-19(21(17)25)34-23-22-15(3)20(10-30(22)27-12-26-23)32-11-14(2)33-24(31)16(4)29(5)6/h7-10,12,14,16,28H,11H2,1-6H3/t14-,16?/m1/s1. The Morgan fingerprint density at radius 3 is 2.74 bits per heavy atom. The highest BCUT2D eigenvalue weighted by Crippen LogP contribution is 2.34. The number of ether oxygens (including phenoxy) is 3. The van der Waals surface area contributed by atoms with Crippen molar-refractivity contribution in [3.8, 4) is 17.4 Å². The Labute approximate surface area is 196 Å². The molecule has 0 saturated heterocycles. The summed E-state index contributed by atoms with van der Waals surface area (Å²) in [5.74, 6) is 0.00358. The van der Waals surface area contributed by atoms with Crippen molar-refractivity contribution in [2.75, 3.05) is 20.7 Å². The number of carbonyl (C=O) groups excluding carboxylic acids is 1. The Bertz CT molecular complexity index is 1350. The minimum atomic E-state index is -0.470. The maximum Gasteiger partial charge on any atom is 0.323 e. The molecular weight excluding hydrogens is 441 g/mol. The van der Waals surface area contributed by atoms with Gasteiger partial charge in [-0.05, 0) is 60.0 Å². The Morgan fingerprint density at radius 1 is 1.24 bits per heavy atom. The number of aryl methyl sites for hydroxylation is 2. The van der Waals surface area contributed by atoms with Gasteiger partial charge in [-0.25, -0.2) is 8.91 Å². The van der Waals surface area contributed by atoms with Crippen molar-refractivity contribution >= 4 is 22.4 Å². The van der Waals surface area contributed by atoms with Gasteiger partial charge in [0.25, 0.3) is 0 Å². The van der Waals surface area contributed by atoms with Crippen molar-refractivity contribution < 1.29 is 23.4 Å². The van der Waals surface area contributed by atoms with Crippen molar-refractivity contribution in [3.05, 3.63) is 47.8 Å². The van der Waals surface area contributed by atoms with Crippen LogP contribution in [-0.4, -0.2) is 63.3 Å². The molecule has 0 bridgehead atoms. The molecule has 0 aliphatic carbocycles. The quantitative estimate of drug-likeness (QED) is 0.390. The number of hydrogen-bond donors (Lipinski definition) is 1. The molecule has 1 N–H and O–H groups in total. The summed E-state index contributed by atoms with van der Waals surface area (Å²) < 4.78 is 33.8. The van der Waals surface area contributed by atoms with Crippen molar-refractivity contribution in [2.24, 2.45) is 0 Å². The van der Waals surface area contributed by atoms with E-state index in [1.165, 1.54) is 6.33 Å². The number of rotatable bonds is 8. The van der Waals surface area contributed by atoms with Gasteiger partial charge in [-0.1, -0.05) is 0 Å². The molecule has 1 unspecified atom stereocenters. The number of hydrogen-bond acceptors (Lipinski definition) is 7. The molecule has 0 saturated carbocycles. The van der Waals surface area contributed by atoms with Crippen LogP contribution in [0.1, 0.15) is 25.1 Å². The zero-order chi connectivity index (χ0) is 24.6. The molecule has 34 heavy (non-hydrogen) atoms. The number of nitrogens with one attached hydrogen (secondary N) is 1. The van der Waals surface area contributed by atoms with Crippen LogP contribution in [0.25, 0.3) is 16.4 Å². The first-order valence-electron chi connectivity index (χ1n) is 10.9. The molecule has 4 aromatic rings. The zero-order valence-corrected chi connectivity index (χ0v) is 20.0. The van der Waals surface area contributed by atoms with Gasteiger partial charge in [0, 0.05) is 22.2 Å². The van der Waals surface area contributed by atoms with E-state index in [-0.39, 0.29) is 30.2 Å².